The number of methoxy groups -OCH3 is 1. The highest BCUT2D eigenvalue weighted by Crippen LogP contribution is 2.27. The highest BCUT2D eigenvalue weighted by molar-refractivity contribution is 7.20. The van der Waals surface area contributed by atoms with Crippen LogP contribution in [0.1, 0.15) is 28.0 Å². The van der Waals surface area contributed by atoms with Crippen molar-refractivity contribution in [2.45, 2.75) is 20.3 Å². The summed E-state index contributed by atoms with van der Waals surface area (Å²) in [7, 11) is 1.32. The molecule has 5 nitrogen and oxygen atoms in total. The minimum Gasteiger partial charge on any atom is -0.465 e. The zero-order chi connectivity index (χ0) is 12.6. The number of esters is 1. The molecule has 6 heteroatoms. The lowest BCUT2D eigenvalue weighted by molar-refractivity contribution is 0.0605. The van der Waals surface area contributed by atoms with Gasteiger partial charge >= 0.3 is 5.97 Å². The Morgan fingerprint density at radius 2 is 2.24 bits per heavy atom. The molecule has 2 rings (SSSR count). The molecular formula is C11H12N2O3S. The lowest BCUT2D eigenvalue weighted by Gasteiger charge is -1.96. The highest BCUT2D eigenvalue weighted by atomic mass is 32.1. The summed E-state index contributed by atoms with van der Waals surface area (Å²) in [6.07, 6.45) is 0.648. The van der Waals surface area contributed by atoms with E-state index in [1.807, 2.05) is 6.92 Å². The quantitative estimate of drug-likeness (QED) is 0.825. The summed E-state index contributed by atoms with van der Waals surface area (Å²) >= 11 is 1.19. The number of H-pyrrole nitrogens is 1. The second-order valence-corrected chi connectivity index (χ2v) is 4.59. The van der Waals surface area contributed by atoms with Gasteiger partial charge in [-0.15, -0.1) is 11.3 Å². The summed E-state index contributed by atoms with van der Waals surface area (Å²) in [5, 5.41) is 0.479. The summed E-state index contributed by atoms with van der Waals surface area (Å²) in [6, 6.07) is 0. The number of nitrogens with one attached hydrogen (secondary N) is 1. The van der Waals surface area contributed by atoms with Crippen molar-refractivity contribution in [1.29, 1.82) is 0 Å². The maximum absolute atomic E-state index is 11.9. The topological polar surface area (TPSA) is 72.0 Å². The lowest BCUT2D eigenvalue weighted by Crippen LogP contribution is -2.11. The van der Waals surface area contributed by atoms with Gasteiger partial charge in [-0.2, -0.15) is 0 Å². The first-order chi connectivity index (χ1) is 8.08. The predicted octanol–water partition coefficient (Wildman–Crippen LogP) is 1.64. The van der Waals surface area contributed by atoms with Gasteiger partial charge in [-0.05, 0) is 12.5 Å². The van der Waals surface area contributed by atoms with Gasteiger partial charge in [0.25, 0.3) is 5.56 Å². The maximum Gasteiger partial charge on any atom is 0.348 e. The van der Waals surface area contributed by atoms with Crippen LogP contribution in [-0.4, -0.2) is 23.0 Å². The summed E-state index contributed by atoms with van der Waals surface area (Å²) in [4.78, 5) is 31.4. The zero-order valence-corrected chi connectivity index (χ0v) is 10.6. The number of ether oxygens (including phenoxy) is 1. The van der Waals surface area contributed by atoms with Crippen LogP contribution >= 0.6 is 11.3 Å². The first kappa shape index (κ1) is 11.8. The van der Waals surface area contributed by atoms with E-state index >= 15 is 0 Å². The van der Waals surface area contributed by atoms with Crippen molar-refractivity contribution in [2.75, 3.05) is 7.11 Å². The number of hydrogen-bond acceptors (Lipinski definition) is 5. The van der Waals surface area contributed by atoms with Gasteiger partial charge < -0.3 is 9.72 Å². The zero-order valence-electron chi connectivity index (χ0n) is 9.79. The van der Waals surface area contributed by atoms with Gasteiger partial charge in [-0.25, -0.2) is 9.78 Å². The van der Waals surface area contributed by atoms with Gasteiger partial charge in [0.05, 0.1) is 12.5 Å². The largest absolute Gasteiger partial charge is 0.465 e. The molecule has 0 aliphatic rings. The molecule has 90 valence electrons. The van der Waals surface area contributed by atoms with Crippen molar-refractivity contribution in [2.24, 2.45) is 0 Å². The molecular weight excluding hydrogens is 240 g/mol. The van der Waals surface area contributed by atoms with Crippen LogP contribution in [0.2, 0.25) is 0 Å². The van der Waals surface area contributed by atoms with E-state index in [4.69, 9.17) is 0 Å². The molecule has 0 aliphatic carbocycles. The van der Waals surface area contributed by atoms with Gasteiger partial charge in [0.2, 0.25) is 0 Å². The van der Waals surface area contributed by atoms with Crippen LogP contribution in [0.5, 0.6) is 0 Å². The molecule has 0 saturated heterocycles. The fourth-order valence-corrected chi connectivity index (χ4v) is 2.76. The first-order valence-corrected chi connectivity index (χ1v) is 6.00. The second kappa shape index (κ2) is 4.29. The third-order valence-corrected chi connectivity index (χ3v) is 3.72. The van der Waals surface area contributed by atoms with Crippen molar-refractivity contribution < 1.29 is 9.53 Å². The van der Waals surface area contributed by atoms with E-state index in [-0.39, 0.29) is 5.56 Å². The van der Waals surface area contributed by atoms with Crippen LogP contribution in [0, 0.1) is 6.92 Å². The number of aromatic amines is 1. The number of nitrogens with zero attached hydrogens (tertiary/aromatic N) is 1. The normalized spacial score (nSPS) is 10.8. The van der Waals surface area contributed by atoms with E-state index in [9.17, 15) is 9.59 Å². The van der Waals surface area contributed by atoms with E-state index < -0.39 is 5.97 Å². The molecule has 0 aromatic carbocycles. The SMILES string of the molecule is CCc1nc2sc(C(=O)OC)c(C)c2c(=O)[nH]1. The fourth-order valence-electron chi connectivity index (χ4n) is 1.64. The Kier molecular flexibility index (Phi) is 2.97. The number of rotatable bonds is 2. The van der Waals surface area contributed by atoms with Crippen molar-refractivity contribution in [1.82, 2.24) is 9.97 Å². The number of aromatic nitrogens is 2. The van der Waals surface area contributed by atoms with Crippen molar-refractivity contribution in [3.05, 3.63) is 26.6 Å². The second-order valence-electron chi connectivity index (χ2n) is 3.59. The van der Waals surface area contributed by atoms with Crippen molar-refractivity contribution >= 4 is 27.5 Å². The number of carbonyl (C=O) groups is 1. The number of carbonyl (C=O) groups excluding carboxylic acids is 1. The molecule has 0 saturated carbocycles. The Labute approximate surface area is 101 Å². The van der Waals surface area contributed by atoms with Gasteiger partial charge in [0.1, 0.15) is 15.5 Å². The Morgan fingerprint density at radius 1 is 1.53 bits per heavy atom. The van der Waals surface area contributed by atoms with Crippen molar-refractivity contribution in [3.8, 4) is 0 Å². The van der Waals surface area contributed by atoms with Crippen LogP contribution < -0.4 is 5.56 Å². The first-order valence-electron chi connectivity index (χ1n) is 5.19. The molecule has 2 heterocycles. The summed E-state index contributed by atoms with van der Waals surface area (Å²) in [5.74, 6) is 0.197. The molecule has 0 atom stereocenters. The molecule has 0 bridgehead atoms. The molecule has 0 spiro atoms. The Hall–Kier alpha value is -1.69. The van der Waals surface area contributed by atoms with Crippen LogP contribution in [-0.2, 0) is 11.2 Å². The highest BCUT2D eigenvalue weighted by Gasteiger charge is 2.19. The molecule has 0 aliphatic heterocycles. The summed E-state index contributed by atoms with van der Waals surface area (Å²) < 4.78 is 4.67. The van der Waals surface area contributed by atoms with Crippen LogP contribution in [0.15, 0.2) is 4.79 Å². The van der Waals surface area contributed by atoms with E-state index in [1.54, 1.807) is 6.92 Å². The predicted molar refractivity (Wildman–Crippen MR) is 65.7 cm³/mol. The van der Waals surface area contributed by atoms with Gasteiger partial charge in [0.15, 0.2) is 0 Å². The molecule has 2 aromatic rings. The van der Waals surface area contributed by atoms with E-state index in [0.717, 1.165) is 0 Å². The summed E-state index contributed by atoms with van der Waals surface area (Å²) in [5.41, 5.74) is 0.434. The van der Waals surface area contributed by atoms with E-state index in [0.29, 0.717) is 32.9 Å². The van der Waals surface area contributed by atoms with Crippen molar-refractivity contribution in [3.63, 3.8) is 0 Å². The third-order valence-electron chi connectivity index (χ3n) is 2.56. The van der Waals surface area contributed by atoms with Gasteiger partial charge in [-0.3, -0.25) is 4.79 Å². The van der Waals surface area contributed by atoms with Gasteiger partial charge in [-0.1, -0.05) is 6.92 Å². The third kappa shape index (κ3) is 1.84. The molecule has 2 aromatic heterocycles. The molecule has 0 radical (unpaired) electrons. The molecule has 0 amide bonds. The Morgan fingerprint density at radius 3 is 2.82 bits per heavy atom. The molecule has 0 unspecified atom stereocenters. The maximum atomic E-state index is 11.9. The number of aryl methyl sites for hydroxylation is 2. The van der Waals surface area contributed by atoms with E-state index in [1.165, 1.54) is 18.4 Å². The van der Waals surface area contributed by atoms with Crippen LogP contribution in [0.4, 0.5) is 0 Å². The molecule has 0 fully saturated rings. The van der Waals surface area contributed by atoms with E-state index in [2.05, 4.69) is 14.7 Å². The smallest absolute Gasteiger partial charge is 0.348 e. The monoisotopic (exact) mass is 252 g/mol. The average molecular weight is 252 g/mol. The van der Waals surface area contributed by atoms with Gasteiger partial charge in [0, 0.05) is 6.42 Å². The number of fused-ring (bicyclic) bond motifs is 1. The summed E-state index contributed by atoms with van der Waals surface area (Å²) in [6.45, 7) is 3.64. The minimum absolute atomic E-state index is 0.198. The molecule has 17 heavy (non-hydrogen) atoms. The molecule has 1 N–H and O–H groups in total. The standard InChI is InChI=1S/C11H12N2O3S/c1-4-6-12-9(14)7-5(2)8(11(15)16-3)17-10(7)13-6/h4H2,1-3H3,(H,12,13,14). The lowest BCUT2D eigenvalue weighted by atomic mass is 10.2. The average Bonchev–Trinajstić information content (AvgIpc) is 2.66. The Bertz CT molecular complexity index is 642. The van der Waals surface area contributed by atoms with Crippen LogP contribution in [0.3, 0.4) is 0 Å². The Balaban J connectivity index is 2.78. The minimum atomic E-state index is -0.428. The number of thiophene rings is 1. The van der Waals surface area contributed by atoms with Crippen LogP contribution in [0.25, 0.3) is 10.2 Å². The number of hydrogen-bond donors (Lipinski definition) is 1. The fraction of sp³-hybridized carbons (Fsp3) is 0.364.